The van der Waals surface area contributed by atoms with E-state index in [1.54, 1.807) is 7.11 Å². The fourth-order valence-corrected chi connectivity index (χ4v) is 4.88. The predicted molar refractivity (Wildman–Crippen MR) is 99.2 cm³/mol. The first kappa shape index (κ1) is 18.6. The smallest absolute Gasteiger partial charge is 0.0772 e. The molecule has 0 spiro atoms. The zero-order valence-electron chi connectivity index (χ0n) is 14.9. The fraction of sp³-hybridized carbons (Fsp3) is 0.600. The molecule has 0 bridgehead atoms. The van der Waals surface area contributed by atoms with Gasteiger partial charge in [-0.25, -0.2) is 0 Å². The molecule has 3 atom stereocenters. The van der Waals surface area contributed by atoms with Crippen LogP contribution in [0.25, 0.3) is 0 Å². The van der Waals surface area contributed by atoms with Crippen LogP contribution in [0.2, 0.25) is 0 Å². The number of thioether (sulfide) groups is 1. The molecule has 1 heterocycles. The highest BCUT2D eigenvalue weighted by molar-refractivity contribution is 8.00. The number of hydrogen-bond donors (Lipinski definition) is 0. The van der Waals surface area contributed by atoms with Crippen molar-refractivity contribution in [2.45, 2.75) is 62.4 Å². The third-order valence-corrected chi connectivity index (χ3v) is 6.13. The van der Waals surface area contributed by atoms with Crippen molar-refractivity contribution in [3.8, 4) is 0 Å². The summed E-state index contributed by atoms with van der Waals surface area (Å²) in [5, 5.41) is 0.462. The molecule has 0 unspecified atom stereocenters. The molecule has 0 aromatic heterocycles. The zero-order chi connectivity index (χ0) is 16.9. The maximum atomic E-state index is 6.25. The van der Waals surface area contributed by atoms with E-state index in [4.69, 9.17) is 9.47 Å². The topological polar surface area (TPSA) is 18.5 Å². The minimum Gasteiger partial charge on any atom is -0.380 e. The maximum absolute atomic E-state index is 6.25. The molecule has 2 nitrogen and oxygen atoms in total. The van der Waals surface area contributed by atoms with E-state index in [2.05, 4.69) is 51.6 Å². The van der Waals surface area contributed by atoms with Crippen molar-refractivity contribution in [3.63, 3.8) is 0 Å². The summed E-state index contributed by atoms with van der Waals surface area (Å²) in [5.74, 6) is 0. The van der Waals surface area contributed by atoms with Crippen LogP contribution in [0.5, 0.6) is 0 Å². The van der Waals surface area contributed by atoms with E-state index in [0.717, 1.165) is 19.4 Å². The van der Waals surface area contributed by atoms with Crippen LogP contribution in [0.1, 0.15) is 38.7 Å². The van der Waals surface area contributed by atoms with Crippen molar-refractivity contribution in [2.24, 2.45) is 5.41 Å². The first-order chi connectivity index (χ1) is 11.0. The van der Waals surface area contributed by atoms with Gasteiger partial charge in [0.25, 0.3) is 0 Å². The molecule has 23 heavy (non-hydrogen) atoms. The van der Waals surface area contributed by atoms with E-state index in [-0.39, 0.29) is 17.6 Å². The summed E-state index contributed by atoms with van der Waals surface area (Å²) in [5.41, 5.74) is 1.25. The third-order valence-electron chi connectivity index (χ3n) is 4.80. The average molecular weight is 335 g/mol. The van der Waals surface area contributed by atoms with Gasteiger partial charge in [0.15, 0.2) is 0 Å². The maximum Gasteiger partial charge on any atom is 0.0772 e. The number of hydrogen-bond acceptors (Lipinski definition) is 3. The Kier molecular flexibility index (Phi) is 6.75. The number of benzene rings is 1. The molecule has 128 valence electrons. The normalized spacial score (nSPS) is 23.5. The lowest BCUT2D eigenvalue weighted by atomic mass is 9.76. The molecule has 1 saturated heterocycles. The van der Waals surface area contributed by atoms with Crippen molar-refractivity contribution in [1.29, 1.82) is 0 Å². The van der Waals surface area contributed by atoms with Crippen molar-refractivity contribution in [1.82, 2.24) is 0 Å². The van der Waals surface area contributed by atoms with Crippen LogP contribution in [-0.2, 0) is 9.47 Å². The lowest BCUT2D eigenvalue weighted by Crippen LogP contribution is -2.49. The number of rotatable bonds is 7. The van der Waals surface area contributed by atoms with Crippen LogP contribution in [-0.4, -0.2) is 31.2 Å². The fourth-order valence-electron chi connectivity index (χ4n) is 3.40. The van der Waals surface area contributed by atoms with Gasteiger partial charge in [0.05, 0.1) is 12.2 Å². The number of aryl methyl sites for hydroxylation is 1. The van der Waals surface area contributed by atoms with Crippen LogP contribution in [0.15, 0.2) is 41.8 Å². The lowest BCUT2D eigenvalue weighted by Gasteiger charge is -2.45. The molecular formula is C20H30O2S. The van der Waals surface area contributed by atoms with E-state index in [1.807, 2.05) is 17.8 Å². The molecule has 0 radical (unpaired) electrons. The van der Waals surface area contributed by atoms with Gasteiger partial charge in [0.1, 0.15) is 0 Å². The molecule has 0 amide bonds. The Morgan fingerprint density at radius 3 is 2.70 bits per heavy atom. The zero-order valence-corrected chi connectivity index (χ0v) is 15.7. The minimum atomic E-state index is -0.0499. The van der Waals surface area contributed by atoms with Gasteiger partial charge in [-0.2, -0.15) is 0 Å². The first-order valence-corrected chi connectivity index (χ1v) is 9.35. The van der Waals surface area contributed by atoms with E-state index < -0.39 is 0 Å². The molecule has 1 aliphatic rings. The number of ether oxygens (including phenoxy) is 2. The van der Waals surface area contributed by atoms with Crippen LogP contribution < -0.4 is 0 Å². The second-order valence-electron chi connectivity index (χ2n) is 6.97. The summed E-state index contributed by atoms with van der Waals surface area (Å²) >= 11 is 1.95. The molecular weight excluding hydrogens is 304 g/mol. The summed E-state index contributed by atoms with van der Waals surface area (Å²) in [4.78, 5) is 1.32. The molecule has 1 fully saturated rings. The van der Waals surface area contributed by atoms with Crippen molar-refractivity contribution in [3.05, 3.63) is 42.5 Å². The molecule has 1 aromatic carbocycles. The van der Waals surface area contributed by atoms with E-state index in [0.29, 0.717) is 5.25 Å². The Morgan fingerprint density at radius 2 is 2.09 bits per heavy atom. The van der Waals surface area contributed by atoms with Crippen LogP contribution in [0.3, 0.4) is 0 Å². The SMILES string of the molecule is C=CC[C@H](OC)C(C)(C)[C@@H]1OCCC[C@H]1Sc1ccc(C)cc1. The summed E-state index contributed by atoms with van der Waals surface area (Å²) in [6.07, 6.45) is 5.44. The summed E-state index contributed by atoms with van der Waals surface area (Å²) in [7, 11) is 1.79. The lowest BCUT2D eigenvalue weighted by molar-refractivity contribution is -0.110. The summed E-state index contributed by atoms with van der Waals surface area (Å²) in [6.45, 7) is 11.4. The van der Waals surface area contributed by atoms with Gasteiger partial charge in [-0.05, 0) is 38.3 Å². The van der Waals surface area contributed by atoms with Gasteiger partial charge in [-0.15, -0.1) is 18.3 Å². The first-order valence-electron chi connectivity index (χ1n) is 8.47. The molecule has 1 aliphatic heterocycles. The highest BCUT2D eigenvalue weighted by atomic mass is 32.2. The van der Waals surface area contributed by atoms with Crippen molar-refractivity contribution >= 4 is 11.8 Å². The quantitative estimate of drug-likeness (QED) is 0.634. The highest BCUT2D eigenvalue weighted by Gasteiger charge is 2.43. The average Bonchev–Trinajstić information content (AvgIpc) is 2.55. The standard InChI is InChI=1S/C20H30O2S/c1-6-8-18(21-5)20(3,4)19-17(9-7-14-22-19)23-16-12-10-15(2)11-13-16/h6,10-13,17-19H,1,7-9,14H2,2-5H3/t17-,18+,19-/m1/s1. The molecule has 1 aromatic rings. The summed E-state index contributed by atoms with van der Waals surface area (Å²) in [6, 6.07) is 8.80. The Hall–Kier alpha value is -0.770. The van der Waals surface area contributed by atoms with E-state index >= 15 is 0 Å². The Labute approximate surface area is 145 Å². The van der Waals surface area contributed by atoms with Gasteiger partial charge in [0.2, 0.25) is 0 Å². The Morgan fingerprint density at radius 1 is 1.39 bits per heavy atom. The monoisotopic (exact) mass is 334 g/mol. The number of methoxy groups -OCH3 is 1. The van der Waals surface area contributed by atoms with E-state index in [9.17, 15) is 0 Å². The highest BCUT2D eigenvalue weighted by Crippen LogP contribution is 2.42. The molecule has 2 rings (SSSR count). The van der Waals surface area contributed by atoms with Crippen molar-refractivity contribution < 1.29 is 9.47 Å². The van der Waals surface area contributed by atoms with Crippen molar-refractivity contribution in [2.75, 3.05) is 13.7 Å². The molecule has 0 saturated carbocycles. The molecule has 0 N–H and O–H groups in total. The minimum absolute atomic E-state index is 0.0499. The van der Waals surface area contributed by atoms with E-state index in [1.165, 1.54) is 16.9 Å². The van der Waals surface area contributed by atoms with Gasteiger partial charge >= 0.3 is 0 Å². The van der Waals surface area contributed by atoms with Gasteiger partial charge in [-0.1, -0.05) is 37.6 Å². The van der Waals surface area contributed by atoms with Crippen LogP contribution in [0.4, 0.5) is 0 Å². The third kappa shape index (κ3) is 4.62. The molecule has 3 heteroatoms. The van der Waals surface area contributed by atoms with Gasteiger partial charge < -0.3 is 9.47 Å². The van der Waals surface area contributed by atoms with Crippen LogP contribution >= 0.6 is 11.8 Å². The second-order valence-corrected chi connectivity index (χ2v) is 8.29. The van der Waals surface area contributed by atoms with Gasteiger partial charge in [0, 0.05) is 29.3 Å². The second kappa shape index (κ2) is 8.36. The Bertz CT molecular complexity index is 495. The Balaban J connectivity index is 2.16. The van der Waals surface area contributed by atoms with Crippen LogP contribution in [0, 0.1) is 12.3 Å². The molecule has 0 aliphatic carbocycles. The summed E-state index contributed by atoms with van der Waals surface area (Å²) < 4.78 is 12.0. The van der Waals surface area contributed by atoms with Gasteiger partial charge in [-0.3, -0.25) is 0 Å². The largest absolute Gasteiger partial charge is 0.380 e. The predicted octanol–water partition coefficient (Wildman–Crippen LogP) is 5.25.